The maximum Gasteiger partial charge on any atom is 0.244 e. The highest BCUT2D eigenvalue weighted by Gasteiger charge is 2.26. The second-order valence-corrected chi connectivity index (χ2v) is 5.14. The zero-order valence-corrected chi connectivity index (χ0v) is 13.6. The van der Waals surface area contributed by atoms with Crippen molar-refractivity contribution in [1.29, 1.82) is 0 Å². The minimum atomic E-state index is -0.626. The lowest BCUT2D eigenvalue weighted by Crippen LogP contribution is -2.49. The summed E-state index contributed by atoms with van der Waals surface area (Å²) in [5, 5.41) is 6.04. The van der Waals surface area contributed by atoms with E-state index in [0.29, 0.717) is 30.4 Å². The van der Waals surface area contributed by atoms with Gasteiger partial charge in [-0.05, 0) is 46.4 Å². The zero-order valence-electron chi connectivity index (χ0n) is 13.6. The molecule has 1 rings (SSSR count). The summed E-state index contributed by atoms with van der Waals surface area (Å²) in [5.74, 6) is 1.23. The van der Waals surface area contributed by atoms with Gasteiger partial charge < -0.3 is 20.1 Å². The minimum Gasteiger partial charge on any atom is -0.490 e. The second-order valence-electron chi connectivity index (χ2n) is 5.14. The van der Waals surface area contributed by atoms with Gasteiger partial charge in [-0.1, -0.05) is 6.92 Å². The third-order valence-corrected chi connectivity index (χ3v) is 2.99. The van der Waals surface area contributed by atoms with Gasteiger partial charge in [0, 0.05) is 11.8 Å². The molecule has 0 bridgehead atoms. The maximum absolute atomic E-state index is 12.3. The summed E-state index contributed by atoms with van der Waals surface area (Å²) < 4.78 is 11.1. The average Bonchev–Trinajstić information content (AvgIpc) is 2.42. The number of nitrogens with one attached hydrogen (secondary N) is 2. The highest BCUT2D eigenvalue weighted by atomic mass is 16.5. The zero-order chi connectivity index (χ0) is 15.9. The van der Waals surface area contributed by atoms with Crippen molar-refractivity contribution >= 4 is 11.6 Å². The first kappa shape index (κ1) is 17.3. The Labute approximate surface area is 127 Å². The van der Waals surface area contributed by atoms with Gasteiger partial charge in [0.2, 0.25) is 5.91 Å². The number of rotatable bonds is 8. The Morgan fingerprint density at radius 1 is 1.10 bits per heavy atom. The van der Waals surface area contributed by atoms with Crippen LogP contribution in [-0.4, -0.2) is 31.2 Å². The van der Waals surface area contributed by atoms with Crippen LogP contribution in [0.4, 0.5) is 5.69 Å². The molecule has 1 aromatic carbocycles. The van der Waals surface area contributed by atoms with Gasteiger partial charge in [0.15, 0.2) is 11.5 Å². The first-order valence-corrected chi connectivity index (χ1v) is 7.40. The van der Waals surface area contributed by atoms with E-state index in [1.807, 2.05) is 46.8 Å². The van der Waals surface area contributed by atoms with Crippen LogP contribution in [0.1, 0.15) is 34.6 Å². The van der Waals surface area contributed by atoms with E-state index >= 15 is 0 Å². The number of amides is 1. The largest absolute Gasteiger partial charge is 0.490 e. The summed E-state index contributed by atoms with van der Waals surface area (Å²) in [6, 6.07) is 5.41. The molecular formula is C16H26N2O3. The molecule has 0 aliphatic rings. The van der Waals surface area contributed by atoms with Gasteiger partial charge >= 0.3 is 0 Å². The molecule has 2 N–H and O–H groups in total. The normalized spacial score (nSPS) is 11.1. The number of hydrogen-bond acceptors (Lipinski definition) is 4. The van der Waals surface area contributed by atoms with Crippen molar-refractivity contribution in [2.75, 3.05) is 25.1 Å². The summed E-state index contributed by atoms with van der Waals surface area (Å²) in [5.41, 5.74) is 0.0666. The second kappa shape index (κ2) is 7.88. The Hall–Kier alpha value is -1.75. The topological polar surface area (TPSA) is 59.6 Å². The molecule has 0 heterocycles. The van der Waals surface area contributed by atoms with E-state index in [-0.39, 0.29) is 5.91 Å². The van der Waals surface area contributed by atoms with Crippen LogP contribution in [0.25, 0.3) is 0 Å². The third-order valence-electron chi connectivity index (χ3n) is 2.99. The van der Waals surface area contributed by atoms with Gasteiger partial charge in [-0.25, -0.2) is 0 Å². The van der Waals surface area contributed by atoms with Crippen LogP contribution in [0, 0.1) is 0 Å². The van der Waals surface area contributed by atoms with Crippen molar-refractivity contribution in [3.8, 4) is 11.5 Å². The number of benzene rings is 1. The third kappa shape index (κ3) is 4.93. The van der Waals surface area contributed by atoms with Crippen LogP contribution in [0.15, 0.2) is 18.2 Å². The van der Waals surface area contributed by atoms with Crippen molar-refractivity contribution in [3.05, 3.63) is 18.2 Å². The summed E-state index contributed by atoms with van der Waals surface area (Å²) in [7, 11) is 0. The summed E-state index contributed by atoms with van der Waals surface area (Å²) >= 11 is 0. The fourth-order valence-corrected chi connectivity index (χ4v) is 1.94. The molecule has 0 radical (unpaired) electrons. The lowest BCUT2D eigenvalue weighted by atomic mass is 10.0. The molecule has 118 valence electrons. The average molecular weight is 294 g/mol. The molecule has 21 heavy (non-hydrogen) atoms. The fourth-order valence-electron chi connectivity index (χ4n) is 1.94. The molecule has 0 saturated carbocycles. The quantitative estimate of drug-likeness (QED) is 0.774. The number of carbonyl (C=O) groups is 1. The molecule has 0 spiro atoms. The van der Waals surface area contributed by atoms with E-state index in [0.717, 1.165) is 6.54 Å². The predicted octanol–water partition coefficient (Wildman–Crippen LogP) is 2.81. The van der Waals surface area contributed by atoms with Gasteiger partial charge in [-0.2, -0.15) is 0 Å². The van der Waals surface area contributed by atoms with Crippen LogP contribution in [0.3, 0.4) is 0 Å². The van der Waals surface area contributed by atoms with Gasteiger partial charge in [-0.15, -0.1) is 0 Å². The van der Waals surface area contributed by atoms with E-state index in [9.17, 15) is 4.79 Å². The molecule has 0 saturated heterocycles. The standard InChI is InChI=1S/C16H26N2O3/c1-6-17-16(4,5)15(19)18-12-9-10-13(20-7-2)14(11-12)21-8-3/h9-11,17H,6-8H2,1-5H3,(H,18,19). The Morgan fingerprint density at radius 2 is 1.71 bits per heavy atom. The van der Waals surface area contributed by atoms with Crippen LogP contribution >= 0.6 is 0 Å². The summed E-state index contributed by atoms with van der Waals surface area (Å²) in [6.45, 7) is 11.3. The Balaban J connectivity index is 2.89. The first-order valence-electron chi connectivity index (χ1n) is 7.40. The van der Waals surface area contributed by atoms with Crippen molar-refractivity contribution in [2.45, 2.75) is 40.2 Å². The molecule has 1 amide bonds. The summed E-state index contributed by atoms with van der Waals surface area (Å²) in [4.78, 5) is 12.3. The molecule has 0 aliphatic carbocycles. The smallest absolute Gasteiger partial charge is 0.244 e. The fraction of sp³-hybridized carbons (Fsp3) is 0.562. The van der Waals surface area contributed by atoms with Crippen molar-refractivity contribution < 1.29 is 14.3 Å². The lowest BCUT2D eigenvalue weighted by Gasteiger charge is -2.24. The van der Waals surface area contributed by atoms with Gasteiger partial charge in [0.25, 0.3) is 0 Å². The van der Waals surface area contributed by atoms with E-state index in [1.54, 1.807) is 6.07 Å². The van der Waals surface area contributed by atoms with Crippen molar-refractivity contribution in [3.63, 3.8) is 0 Å². The highest BCUT2D eigenvalue weighted by molar-refractivity contribution is 5.97. The van der Waals surface area contributed by atoms with Crippen molar-refractivity contribution in [1.82, 2.24) is 5.32 Å². The highest BCUT2D eigenvalue weighted by Crippen LogP contribution is 2.30. The molecule has 5 heteroatoms. The Kier molecular flexibility index (Phi) is 6.49. The van der Waals surface area contributed by atoms with Crippen LogP contribution < -0.4 is 20.1 Å². The van der Waals surface area contributed by atoms with Gasteiger partial charge in [0.05, 0.1) is 18.8 Å². The number of hydrogen-bond donors (Lipinski definition) is 2. The SMILES string of the molecule is CCNC(C)(C)C(=O)Nc1ccc(OCC)c(OCC)c1. The van der Waals surface area contributed by atoms with E-state index < -0.39 is 5.54 Å². The number of likely N-dealkylation sites (N-methyl/N-ethyl adjacent to an activating group) is 1. The predicted molar refractivity (Wildman–Crippen MR) is 85.2 cm³/mol. The molecule has 0 atom stereocenters. The maximum atomic E-state index is 12.3. The molecule has 0 fully saturated rings. The van der Waals surface area contributed by atoms with Crippen LogP contribution in [-0.2, 0) is 4.79 Å². The van der Waals surface area contributed by atoms with Crippen LogP contribution in [0.2, 0.25) is 0 Å². The van der Waals surface area contributed by atoms with E-state index in [2.05, 4.69) is 10.6 Å². The molecule has 5 nitrogen and oxygen atoms in total. The van der Waals surface area contributed by atoms with Crippen LogP contribution in [0.5, 0.6) is 11.5 Å². The summed E-state index contributed by atoms with van der Waals surface area (Å²) in [6.07, 6.45) is 0. The van der Waals surface area contributed by atoms with Gasteiger partial charge in [-0.3, -0.25) is 4.79 Å². The number of carbonyl (C=O) groups excluding carboxylic acids is 1. The lowest BCUT2D eigenvalue weighted by molar-refractivity contribution is -0.121. The molecule has 1 aromatic rings. The molecule has 0 unspecified atom stereocenters. The molecule has 0 aromatic heterocycles. The number of anilines is 1. The minimum absolute atomic E-state index is 0.0871. The molecule has 0 aliphatic heterocycles. The van der Waals surface area contributed by atoms with Gasteiger partial charge in [0.1, 0.15) is 0 Å². The van der Waals surface area contributed by atoms with E-state index in [4.69, 9.17) is 9.47 Å². The first-order chi connectivity index (χ1) is 9.94. The number of ether oxygens (including phenoxy) is 2. The Bertz CT molecular complexity index is 473. The Morgan fingerprint density at radius 3 is 2.29 bits per heavy atom. The monoisotopic (exact) mass is 294 g/mol. The van der Waals surface area contributed by atoms with E-state index in [1.165, 1.54) is 0 Å². The molecular weight excluding hydrogens is 268 g/mol. The van der Waals surface area contributed by atoms with Crippen molar-refractivity contribution in [2.24, 2.45) is 0 Å².